The number of esters is 1. The number of carbonyl (C=O) groups is 2. The summed E-state index contributed by atoms with van der Waals surface area (Å²) >= 11 is 0. The Bertz CT molecular complexity index is 404. The average Bonchev–Trinajstić information content (AvgIpc) is 2.26. The van der Waals surface area contributed by atoms with Crippen LogP contribution in [0.1, 0.15) is 10.4 Å². The second-order valence-electron chi connectivity index (χ2n) is 2.70. The fourth-order valence-corrected chi connectivity index (χ4v) is 0.878. The van der Waals surface area contributed by atoms with Gasteiger partial charge in [0, 0.05) is 12.3 Å². The number of rotatable bonds is 3. The van der Waals surface area contributed by atoms with Gasteiger partial charge in [0.25, 0.3) is 5.91 Å². The second kappa shape index (κ2) is 4.94. The minimum absolute atomic E-state index is 0.200. The maximum Gasteiger partial charge on any atom is 0.325 e. The van der Waals surface area contributed by atoms with Gasteiger partial charge in [-0.3, -0.25) is 14.4 Å². The SMILES string of the molecule is COC(=O)CNC(=O)c1ccc(=O)[nH]c1. The molecule has 6 heteroatoms. The normalized spacial score (nSPS) is 9.40. The molecule has 0 spiro atoms. The molecule has 1 amide bonds. The molecule has 0 aliphatic rings. The smallest absolute Gasteiger partial charge is 0.325 e. The van der Waals surface area contributed by atoms with Crippen LogP contribution in [0.15, 0.2) is 23.1 Å². The van der Waals surface area contributed by atoms with Crippen molar-refractivity contribution in [1.82, 2.24) is 10.3 Å². The quantitative estimate of drug-likeness (QED) is 0.644. The van der Waals surface area contributed by atoms with E-state index in [1.54, 1.807) is 0 Å². The van der Waals surface area contributed by atoms with Gasteiger partial charge in [-0.2, -0.15) is 0 Å². The molecule has 0 aliphatic heterocycles. The van der Waals surface area contributed by atoms with Crippen LogP contribution < -0.4 is 10.9 Å². The van der Waals surface area contributed by atoms with Gasteiger partial charge in [0.05, 0.1) is 12.7 Å². The van der Waals surface area contributed by atoms with Crippen LogP contribution in [0.3, 0.4) is 0 Å². The number of carbonyl (C=O) groups excluding carboxylic acids is 2. The third-order valence-electron chi connectivity index (χ3n) is 1.67. The van der Waals surface area contributed by atoms with Gasteiger partial charge in [-0.05, 0) is 6.07 Å². The molecular weight excluding hydrogens is 200 g/mol. The summed E-state index contributed by atoms with van der Waals surface area (Å²) in [5, 5.41) is 2.33. The summed E-state index contributed by atoms with van der Waals surface area (Å²) in [6.45, 7) is -0.200. The van der Waals surface area contributed by atoms with E-state index in [0.717, 1.165) is 0 Å². The molecule has 1 rings (SSSR count). The van der Waals surface area contributed by atoms with Gasteiger partial charge in [-0.25, -0.2) is 0 Å². The van der Waals surface area contributed by atoms with E-state index in [1.165, 1.54) is 25.4 Å². The van der Waals surface area contributed by atoms with Gasteiger partial charge >= 0.3 is 5.97 Å². The number of methoxy groups -OCH3 is 1. The number of amides is 1. The van der Waals surface area contributed by atoms with Gasteiger partial charge in [-0.15, -0.1) is 0 Å². The molecule has 0 radical (unpaired) electrons. The van der Waals surface area contributed by atoms with Crippen LogP contribution in [0.5, 0.6) is 0 Å². The van der Waals surface area contributed by atoms with E-state index in [-0.39, 0.29) is 17.7 Å². The third-order valence-corrected chi connectivity index (χ3v) is 1.67. The van der Waals surface area contributed by atoms with E-state index in [2.05, 4.69) is 15.0 Å². The maximum absolute atomic E-state index is 11.3. The third kappa shape index (κ3) is 3.26. The van der Waals surface area contributed by atoms with Crippen molar-refractivity contribution in [2.75, 3.05) is 13.7 Å². The zero-order valence-corrected chi connectivity index (χ0v) is 8.07. The van der Waals surface area contributed by atoms with Crippen LogP contribution >= 0.6 is 0 Å². The Labute approximate surface area is 85.3 Å². The Morgan fingerprint density at radius 1 is 1.47 bits per heavy atom. The molecular formula is C9H10N2O4. The molecule has 0 bridgehead atoms. The number of nitrogens with one attached hydrogen (secondary N) is 2. The number of hydrogen-bond acceptors (Lipinski definition) is 4. The standard InChI is InChI=1S/C9H10N2O4/c1-15-8(13)5-11-9(14)6-2-3-7(12)10-4-6/h2-4H,5H2,1H3,(H,10,12)(H,11,14). The second-order valence-corrected chi connectivity index (χ2v) is 2.70. The molecule has 2 N–H and O–H groups in total. The topological polar surface area (TPSA) is 88.3 Å². The number of aromatic nitrogens is 1. The molecule has 15 heavy (non-hydrogen) atoms. The van der Waals surface area contributed by atoms with E-state index in [4.69, 9.17) is 0 Å². The summed E-state index contributed by atoms with van der Waals surface area (Å²) in [6, 6.07) is 2.60. The van der Waals surface area contributed by atoms with Gasteiger partial charge < -0.3 is 15.0 Å². The van der Waals surface area contributed by atoms with Crippen molar-refractivity contribution >= 4 is 11.9 Å². The Morgan fingerprint density at radius 2 is 2.20 bits per heavy atom. The van der Waals surface area contributed by atoms with E-state index in [0.29, 0.717) is 0 Å². The zero-order chi connectivity index (χ0) is 11.3. The van der Waals surface area contributed by atoms with E-state index >= 15 is 0 Å². The van der Waals surface area contributed by atoms with Crippen LogP contribution in [-0.4, -0.2) is 30.5 Å². The largest absolute Gasteiger partial charge is 0.468 e. The first-order valence-corrected chi connectivity index (χ1v) is 4.17. The summed E-state index contributed by atoms with van der Waals surface area (Å²) in [7, 11) is 1.23. The molecule has 1 aromatic heterocycles. The predicted octanol–water partition coefficient (Wildman–Crippen LogP) is -0.722. The first-order valence-electron chi connectivity index (χ1n) is 4.17. The highest BCUT2D eigenvalue weighted by Gasteiger charge is 2.07. The van der Waals surface area contributed by atoms with Crippen molar-refractivity contribution in [3.8, 4) is 0 Å². The van der Waals surface area contributed by atoms with E-state index in [1.807, 2.05) is 0 Å². The maximum atomic E-state index is 11.3. The lowest BCUT2D eigenvalue weighted by atomic mass is 10.3. The van der Waals surface area contributed by atoms with Gasteiger partial charge in [0.2, 0.25) is 5.56 Å². The number of pyridine rings is 1. The van der Waals surface area contributed by atoms with Crippen molar-refractivity contribution in [2.45, 2.75) is 0 Å². The summed E-state index contributed by atoms with van der Waals surface area (Å²) < 4.78 is 4.34. The summed E-state index contributed by atoms with van der Waals surface area (Å²) in [5.41, 5.74) is -0.0157. The minimum Gasteiger partial charge on any atom is -0.468 e. The Balaban J connectivity index is 2.58. The molecule has 0 unspecified atom stereocenters. The molecule has 80 valence electrons. The lowest BCUT2D eigenvalue weighted by molar-refractivity contribution is -0.139. The Morgan fingerprint density at radius 3 is 2.73 bits per heavy atom. The highest BCUT2D eigenvalue weighted by Crippen LogP contribution is 1.92. The van der Waals surface area contributed by atoms with Crippen molar-refractivity contribution in [1.29, 1.82) is 0 Å². The van der Waals surface area contributed by atoms with Gasteiger partial charge in [-0.1, -0.05) is 0 Å². The average molecular weight is 210 g/mol. The van der Waals surface area contributed by atoms with Crippen LogP contribution in [0.2, 0.25) is 0 Å². The number of ether oxygens (including phenoxy) is 1. The molecule has 0 aliphatic carbocycles. The number of aromatic amines is 1. The van der Waals surface area contributed by atoms with Crippen molar-refractivity contribution in [3.63, 3.8) is 0 Å². The Hall–Kier alpha value is -2.11. The molecule has 0 fully saturated rings. The van der Waals surface area contributed by atoms with Crippen LogP contribution in [0.25, 0.3) is 0 Å². The Kier molecular flexibility index (Phi) is 3.61. The van der Waals surface area contributed by atoms with E-state index in [9.17, 15) is 14.4 Å². The fourth-order valence-electron chi connectivity index (χ4n) is 0.878. The molecule has 0 atom stereocenters. The van der Waals surface area contributed by atoms with Crippen molar-refractivity contribution < 1.29 is 14.3 Å². The van der Waals surface area contributed by atoms with E-state index < -0.39 is 11.9 Å². The predicted molar refractivity (Wildman–Crippen MR) is 51.4 cm³/mol. The first-order chi connectivity index (χ1) is 7.13. The molecule has 0 aromatic carbocycles. The summed E-state index contributed by atoms with van der Waals surface area (Å²) in [5.74, 6) is -0.982. The molecule has 0 saturated heterocycles. The number of hydrogen-bond donors (Lipinski definition) is 2. The van der Waals surface area contributed by atoms with Crippen LogP contribution in [0.4, 0.5) is 0 Å². The molecule has 1 aromatic rings. The highest BCUT2D eigenvalue weighted by molar-refractivity contribution is 5.95. The van der Waals surface area contributed by atoms with Crippen molar-refractivity contribution in [3.05, 3.63) is 34.2 Å². The number of H-pyrrole nitrogens is 1. The zero-order valence-electron chi connectivity index (χ0n) is 8.07. The molecule has 0 saturated carbocycles. The van der Waals surface area contributed by atoms with Crippen molar-refractivity contribution in [2.24, 2.45) is 0 Å². The van der Waals surface area contributed by atoms with Crippen LogP contribution in [-0.2, 0) is 9.53 Å². The lowest BCUT2D eigenvalue weighted by Gasteiger charge is -2.02. The molecule has 1 heterocycles. The fraction of sp³-hybridized carbons (Fsp3) is 0.222. The lowest BCUT2D eigenvalue weighted by Crippen LogP contribution is -2.30. The highest BCUT2D eigenvalue weighted by atomic mass is 16.5. The first kappa shape index (κ1) is 11.0. The molecule has 6 nitrogen and oxygen atoms in total. The summed E-state index contributed by atoms with van der Waals surface area (Å²) in [4.78, 5) is 35.1. The summed E-state index contributed by atoms with van der Waals surface area (Å²) in [6.07, 6.45) is 1.27. The monoisotopic (exact) mass is 210 g/mol. The van der Waals surface area contributed by atoms with Crippen LogP contribution in [0, 0.1) is 0 Å². The minimum atomic E-state index is -0.534. The van der Waals surface area contributed by atoms with Gasteiger partial charge in [0.1, 0.15) is 6.54 Å². The van der Waals surface area contributed by atoms with Gasteiger partial charge in [0.15, 0.2) is 0 Å².